The molecule has 3 nitrogen and oxygen atoms in total. The Labute approximate surface area is 117 Å². The van der Waals surface area contributed by atoms with Crippen LogP contribution in [-0.2, 0) is 4.74 Å². The SMILES string of the molecule is COC(=O)c1ccc(O[Si](C)(C)C(C)(C)C)cc1C. The third-order valence-electron chi connectivity index (χ3n) is 3.78. The maximum Gasteiger partial charge on any atom is 0.338 e. The summed E-state index contributed by atoms with van der Waals surface area (Å²) in [7, 11) is -0.447. The number of rotatable bonds is 3. The second-order valence-electron chi connectivity index (χ2n) is 6.33. The van der Waals surface area contributed by atoms with E-state index >= 15 is 0 Å². The number of methoxy groups -OCH3 is 1. The van der Waals surface area contributed by atoms with Crippen molar-refractivity contribution in [2.45, 2.75) is 45.8 Å². The van der Waals surface area contributed by atoms with Crippen molar-refractivity contribution in [1.29, 1.82) is 0 Å². The number of hydrogen-bond donors (Lipinski definition) is 0. The average molecular weight is 280 g/mol. The van der Waals surface area contributed by atoms with Crippen molar-refractivity contribution in [3.05, 3.63) is 29.3 Å². The van der Waals surface area contributed by atoms with Gasteiger partial charge < -0.3 is 9.16 Å². The smallest absolute Gasteiger partial charge is 0.338 e. The minimum atomic E-state index is -1.84. The van der Waals surface area contributed by atoms with E-state index in [9.17, 15) is 4.79 Å². The molecule has 0 N–H and O–H groups in total. The maximum atomic E-state index is 11.5. The molecule has 0 saturated carbocycles. The van der Waals surface area contributed by atoms with Crippen LogP contribution in [0.2, 0.25) is 18.1 Å². The molecule has 0 radical (unpaired) electrons. The van der Waals surface area contributed by atoms with Crippen LogP contribution in [0, 0.1) is 6.92 Å². The Hall–Kier alpha value is -1.29. The quantitative estimate of drug-likeness (QED) is 0.616. The molecule has 0 heterocycles. The predicted molar refractivity (Wildman–Crippen MR) is 80.3 cm³/mol. The van der Waals surface area contributed by atoms with E-state index < -0.39 is 8.32 Å². The summed E-state index contributed by atoms with van der Waals surface area (Å²) in [5, 5.41) is 0.155. The normalized spacial score (nSPS) is 12.2. The van der Waals surface area contributed by atoms with Gasteiger partial charge in [-0.3, -0.25) is 0 Å². The summed E-state index contributed by atoms with van der Waals surface area (Å²) < 4.78 is 10.9. The molecule has 1 aromatic rings. The standard InChI is InChI=1S/C15H24O3Si/c1-11-10-12(8-9-13(11)14(16)17-5)18-19(6,7)15(2,3)4/h8-10H,1-7H3. The highest BCUT2D eigenvalue weighted by molar-refractivity contribution is 6.74. The van der Waals surface area contributed by atoms with E-state index in [0.29, 0.717) is 5.56 Å². The summed E-state index contributed by atoms with van der Waals surface area (Å²) in [4.78, 5) is 11.5. The molecular weight excluding hydrogens is 256 g/mol. The Morgan fingerprint density at radius 3 is 2.21 bits per heavy atom. The third-order valence-corrected chi connectivity index (χ3v) is 8.14. The van der Waals surface area contributed by atoms with Crippen molar-refractivity contribution in [1.82, 2.24) is 0 Å². The summed E-state index contributed by atoms with van der Waals surface area (Å²) in [6, 6.07) is 5.52. The number of carbonyl (C=O) groups is 1. The molecule has 106 valence electrons. The number of ether oxygens (including phenoxy) is 1. The molecule has 0 aromatic heterocycles. The van der Waals surface area contributed by atoms with Crippen LogP contribution in [0.5, 0.6) is 5.75 Å². The van der Waals surface area contributed by atoms with E-state index in [0.717, 1.165) is 11.3 Å². The lowest BCUT2D eigenvalue weighted by molar-refractivity contribution is 0.0600. The Kier molecular flexibility index (Phi) is 4.45. The zero-order chi connectivity index (χ0) is 14.8. The highest BCUT2D eigenvalue weighted by Gasteiger charge is 2.39. The van der Waals surface area contributed by atoms with Crippen molar-refractivity contribution in [3.63, 3.8) is 0 Å². The second-order valence-corrected chi connectivity index (χ2v) is 11.1. The summed E-state index contributed by atoms with van der Waals surface area (Å²) in [5.74, 6) is 0.521. The van der Waals surface area contributed by atoms with Crippen LogP contribution < -0.4 is 4.43 Å². The van der Waals surface area contributed by atoms with Gasteiger partial charge in [-0.1, -0.05) is 20.8 Å². The van der Waals surface area contributed by atoms with Gasteiger partial charge in [-0.05, 0) is 48.8 Å². The molecule has 0 bridgehead atoms. The van der Waals surface area contributed by atoms with Gasteiger partial charge >= 0.3 is 5.97 Å². The van der Waals surface area contributed by atoms with Crippen LogP contribution in [0.1, 0.15) is 36.7 Å². The molecule has 1 aromatic carbocycles. The molecule has 0 atom stereocenters. The van der Waals surface area contributed by atoms with Gasteiger partial charge in [0, 0.05) is 0 Å². The van der Waals surface area contributed by atoms with Gasteiger partial charge in [0.15, 0.2) is 0 Å². The monoisotopic (exact) mass is 280 g/mol. The van der Waals surface area contributed by atoms with E-state index in [-0.39, 0.29) is 11.0 Å². The molecule has 0 aliphatic rings. The zero-order valence-electron chi connectivity index (χ0n) is 13.0. The lowest BCUT2D eigenvalue weighted by atomic mass is 10.1. The Morgan fingerprint density at radius 2 is 1.79 bits per heavy atom. The molecular formula is C15H24O3Si. The third kappa shape index (κ3) is 3.59. The molecule has 0 spiro atoms. The van der Waals surface area contributed by atoms with Gasteiger partial charge in [0.2, 0.25) is 8.32 Å². The van der Waals surface area contributed by atoms with E-state index in [2.05, 4.69) is 33.9 Å². The van der Waals surface area contributed by atoms with Gasteiger partial charge in [-0.25, -0.2) is 4.79 Å². The van der Waals surface area contributed by atoms with E-state index in [1.54, 1.807) is 6.07 Å². The second kappa shape index (κ2) is 5.37. The topological polar surface area (TPSA) is 35.5 Å². The predicted octanol–water partition coefficient (Wildman–Crippen LogP) is 4.17. The molecule has 0 amide bonds. The fourth-order valence-electron chi connectivity index (χ4n) is 1.49. The first-order valence-electron chi connectivity index (χ1n) is 6.46. The van der Waals surface area contributed by atoms with Crippen molar-refractivity contribution in [2.24, 2.45) is 0 Å². The van der Waals surface area contributed by atoms with Crippen molar-refractivity contribution >= 4 is 14.3 Å². The van der Waals surface area contributed by atoms with Crippen LogP contribution in [0.3, 0.4) is 0 Å². The van der Waals surface area contributed by atoms with Crippen molar-refractivity contribution in [2.75, 3.05) is 7.11 Å². The maximum absolute atomic E-state index is 11.5. The van der Waals surface area contributed by atoms with Crippen LogP contribution in [0.15, 0.2) is 18.2 Å². The minimum Gasteiger partial charge on any atom is -0.543 e. The van der Waals surface area contributed by atoms with Gasteiger partial charge in [0.05, 0.1) is 12.7 Å². The minimum absolute atomic E-state index is 0.155. The van der Waals surface area contributed by atoms with Gasteiger partial charge in [0.25, 0.3) is 0 Å². The van der Waals surface area contributed by atoms with Crippen molar-refractivity contribution in [3.8, 4) is 5.75 Å². The first kappa shape index (κ1) is 15.8. The first-order valence-corrected chi connectivity index (χ1v) is 9.37. The van der Waals surface area contributed by atoms with Crippen LogP contribution >= 0.6 is 0 Å². The van der Waals surface area contributed by atoms with Gasteiger partial charge in [0.1, 0.15) is 5.75 Å². The molecule has 0 aliphatic heterocycles. The molecule has 0 fully saturated rings. The zero-order valence-corrected chi connectivity index (χ0v) is 14.0. The molecule has 4 heteroatoms. The summed E-state index contributed by atoms with van der Waals surface area (Å²) in [6.07, 6.45) is 0. The van der Waals surface area contributed by atoms with Crippen LogP contribution in [0.4, 0.5) is 0 Å². The number of esters is 1. The fraction of sp³-hybridized carbons (Fsp3) is 0.533. The summed E-state index contributed by atoms with van der Waals surface area (Å²) >= 11 is 0. The number of carbonyl (C=O) groups excluding carboxylic acids is 1. The van der Waals surface area contributed by atoms with Crippen molar-refractivity contribution < 1.29 is 14.0 Å². The van der Waals surface area contributed by atoms with Gasteiger partial charge in [-0.2, -0.15) is 0 Å². The summed E-state index contributed by atoms with van der Waals surface area (Å²) in [6.45, 7) is 12.9. The van der Waals surface area contributed by atoms with E-state index in [1.807, 2.05) is 19.1 Å². The lowest BCUT2D eigenvalue weighted by Gasteiger charge is -2.36. The molecule has 19 heavy (non-hydrogen) atoms. The molecule has 0 aliphatic carbocycles. The molecule has 1 rings (SSSR count). The van der Waals surface area contributed by atoms with E-state index in [4.69, 9.17) is 9.16 Å². The van der Waals surface area contributed by atoms with Crippen LogP contribution in [-0.4, -0.2) is 21.4 Å². The van der Waals surface area contributed by atoms with Crippen LogP contribution in [0.25, 0.3) is 0 Å². The number of hydrogen-bond acceptors (Lipinski definition) is 3. The Morgan fingerprint density at radius 1 is 1.21 bits per heavy atom. The molecule has 0 saturated heterocycles. The average Bonchev–Trinajstić information content (AvgIpc) is 2.26. The Balaban J connectivity index is 3.00. The van der Waals surface area contributed by atoms with Gasteiger partial charge in [-0.15, -0.1) is 0 Å². The van der Waals surface area contributed by atoms with E-state index in [1.165, 1.54) is 7.11 Å². The largest absolute Gasteiger partial charge is 0.543 e. The highest BCUT2D eigenvalue weighted by Crippen LogP contribution is 2.37. The number of aryl methyl sites for hydroxylation is 1. The number of benzene rings is 1. The molecule has 0 unspecified atom stereocenters. The first-order chi connectivity index (χ1) is 8.58. The summed E-state index contributed by atoms with van der Waals surface area (Å²) in [5.41, 5.74) is 1.47. The Bertz CT molecular complexity index is 473. The fourth-order valence-corrected chi connectivity index (χ4v) is 2.51. The highest BCUT2D eigenvalue weighted by atomic mass is 28.4. The lowest BCUT2D eigenvalue weighted by Crippen LogP contribution is -2.43.